The number of alkyl halides is 4. The van der Waals surface area contributed by atoms with E-state index in [4.69, 9.17) is 0 Å². The van der Waals surface area contributed by atoms with Gasteiger partial charge in [0.05, 0.1) is 6.42 Å². The molecule has 0 bridgehead atoms. The molecule has 0 aromatic rings. The normalized spacial score (nSPS) is 48.3. The summed E-state index contributed by atoms with van der Waals surface area (Å²) in [6.45, 7) is 0. The summed E-state index contributed by atoms with van der Waals surface area (Å²) in [7, 11) is 0. The van der Waals surface area contributed by atoms with Gasteiger partial charge in [-0.2, -0.15) is 0 Å². The maximum atomic E-state index is 12.1. The van der Waals surface area contributed by atoms with E-state index in [1.807, 2.05) is 0 Å². The lowest BCUT2D eigenvalue weighted by molar-refractivity contribution is -0.249. The molecule has 1 saturated carbocycles. The molecule has 2 unspecified atom stereocenters. The maximum absolute atomic E-state index is 12.1. The molecule has 0 N–H and O–H groups in total. The van der Waals surface area contributed by atoms with Crippen LogP contribution in [0.2, 0.25) is 0 Å². The zero-order chi connectivity index (χ0) is 7.28. The van der Waals surface area contributed by atoms with Gasteiger partial charge in [-0.3, -0.25) is 0 Å². The average Bonchev–Trinajstić information content (AvgIpc) is 1.65. The highest BCUT2D eigenvalue weighted by molar-refractivity contribution is 6.24. The van der Waals surface area contributed by atoms with E-state index in [9.17, 15) is 18.3 Å². The van der Waals surface area contributed by atoms with Gasteiger partial charge in [-0.15, -0.1) is 0 Å². The Bertz CT molecular complexity index is 136. The second kappa shape index (κ2) is 1.55. The molecule has 9 heavy (non-hydrogen) atoms. The molecule has 0 aliphatic heterocycles. The fourth-order valence-corrected chi connectivity index (χ4v) is 0.756. The van der Waals surface area contributed by atoms with E-state index in [-0.39, 0.29) is 0 Å². The third-order valence-corrected chi connectivity index (χ3v) is 1.85. The molecule has 53 valence electrons. The first-order valence-electron chi connectivity index (χ1n) is 2.29. The summed E-state index contributed by atoms with van der Waals surface area (Å²) in [5.41, 5.74) is 0. The highest BCUT2D eigenvalue weighted by Crippen LogP contribution is 2.52. The summed E-state index contributed by atoms with van der Waals surface area (Å²) >= 11 is 4.52. The molecule has 2 atom stereocenters. The summed E-state index contributed by atoms with van der Waals surface area (Å²) in [6, 6.07) is 0. The van der Waals surface area contributed by atoms with Crippen molar-refractivity contribution < 1.29 is 18.3 Å². The van der Waals surface area contributed by atoms with Crippen molar-refractivity contribution in [2.75, 3.05) is 0 Å². The van der Waals surface area contributed by atoms with Crippen LogP contribution in [0.1, 0.15) is 6.42 Å². The lowest BCUT2D eigenvalue weighted by Gasteiger charge is -2.40. The molecule has 1 rings (SSSR count). The standard InChI is InChI=1S/C4H3ClF3O/c5-4(8)2(9)1-3(4,6)7/h2H,1H2. The van der Waals surface area contributed by atoms with Crippen LogP contribution in [-0.2, 0) is 5.11 Å². The van der Waals surface area contributed by atoms with Crippen LogP contribution >= 0.6 is 11.6 Å². The van der Waals surface area contributed by atoms with Crippen molar-refractivity contribution in [2.45, 2.75) is 23.6 Å². The molecular weight excluding hydrogens is 156 g/mol. The smallest absolute Gasteiger partial charge is 0.228 e. The Morgan fingerprint density at radius 1 is 1.44 bits per heavy atom. The van der Waals surface area contributed by atoms with Gasteiger partial charge in [0, 0.05) is 0 Å². The molecule has 1 nitrogen and oxygen atoms in total. The second-order valence-corrected chi connectivity index (χ2v) is 2.57. The van der Waals surface area contributed by atoms with Gasteiger partial charge in [0.1, 0.15) is 0 Å². The molecule has 0 spiro atoms. The SMILES string of the molecule is [O]C1CC(F)(F)C1(F)Cl. The minimum atomic E-state index is -3.62. The molecular formula is C4H3ClF3O. The Hall–Kier alpha value is 0.0400. The summed E-state index contributed by atoms with van der Waals surface area (Å²) in [5.74, 6) is -3.62. The molecule has 0 aromatic carbocycles. The average molecular weight is 160 g/mol. The quantitative estimate of drug-likeness (QED) is 0.480. The van der Waals surface area contributed by atoms with E-state index in [1.165, 1.54) is 0 Å². The van der Waals surface area contributed by atoms with Crippen molar-refractivity contribution in [2.24, 2.45) is 0 Å². The Labute approximate surface area is 54.4 Å². The van der Waals surface area contributed by atoms with Crippen LogP contribution in [0.25, 0.3) is 0 Å². The van der Waals surface area contributed by atoms with Crippen molar-refractivity contribution in [3.63, 3.8) is 0 Å². The molecule has 1 aliphatic rings. The Morgan fingerprint density at radius 2 is 1.89 bits per heavy atom. The maximum Gasteiger partial charge on any atom is 0.300 e. The third kappa shape index (κ3) is 0.730. The van der Waals surface area contributed by atoms with Crippen LogP contribution < -0.4 is 0 Å². The van der Waals surface area contributed by atoms with Crippen LogP contribution in [0.3, 0.4) is 0 Å². The van der Waals surface area contributed by atoms with Crippen molar-refractivity contribution in [1.82, 2.24) is 0 Å². The van der Waals surface area contributed by atoms with Crippen LogP contribution in [0.5, 0.6) is 0 Å². The van der Waals surface area contributed by atoms with Crippen molar-refractivity contribution in [3.8, 4) is 0 Å². The second-order valence-electron chi connectivity index (χ2n) is 2.02. The molecule has 0 aromatic heterocycles. The van der Waals surface area contributed by atoms with Crippen molar-refractivity contribution >= 4 is 11.6 Å². The van der Waals surface area contributed by atoms with Gasteiger partial charge in [0.2, 0.25) is 0 Å². The molecule has 0 saturated heterocycles. The molecule has 1 fully saturated rings. The lowest BCUT2D eigenvalue weighted by atomic mass is 9.88. The third-order valence-electron chi connectivity index (χ3n) is 1.33. The number of rotatable bonds is 0. The first kappa shape index (κ1) is 7.15. The molecule has 5 heteroatoms. The molecule has 0 heterocycles. The van der Waals surface area contributed by atoms with E-state index in [1.54, 1.807) is 0 Å². The largest absolute Gasteiger partial charge is 0.300 e. The summed E-state index contributed by atoms with van der Waals surface area (Å²) < 4.78 is 35.8. The van der Waals surface area contributed by atoms with E-state index >= 15 is 0 Å². The van der Waals surface area contributed by atoms with Gasteiger partial charge in [-0.05, 0) is 0 Å². The van der Waals surface area contributed by atoms with E-state index in [2.05, 4.69) is 11.6 Å². The topological polar surface area (TPSA) is 19.9 Å². The van der Waals surface area contributed by atoms with E-state index in [0.29, 0.717) is 0 Å². The predicted molar refractivity (Wildman–Crippen MR) is 23.7 cm³/mol. The van der Waals surface area contributed by atoms with Gasteiger partial charge in [-0.25, -0.2) is 18.3 Å². The predicted octanol–water partition coefficient (Wildman–Crippen LogP) is 1.73. The van der Waals surface area contributed by atoms with E-state index in [0.717, 1.165) is 0 Å². The number of halogens is 4. The zero-order valence-electron chi connectivity index (χ0n) is 4.20. The van der Waals surface area contributed by atoms with Crippen LogP contribution in [0.4, 0.5) is 13.2 Å². The van der Waals surface area contributed by atoms with Gasteiger partial charge >= 0.3 is 5.92 Å². The Morgan fingerprint density at radius 3 is 1.89 bits per heavy atom. The van der Waals surface area contributed by atoms with Gasteiger partial charge in [0.15, 0.2) is 6.10 Å². The highest BCUT2D eigenvalue weighted by atomic mass is 35.5. The van der Waals surface area contributed by atoms with Gasteiger partial charge in [-0.1, -0.05) is 11.6 Å². The lowest BCUT2D eigenvalue weighted by Crippen LogP contribution is -2.60. The van der Waals surface area contributed by atoms with Gasteiger partial charge < -0.3 is 0 Å². The fraction of sp³-hybridized carbons (Fsp3) is 1.00. The van der Waals surface area contributed by atoms with Crippen LogP contribution in [-0.4, -0.2) is 17.2 Å². The van der Waals surface area contributed by atoms with Crippen molar-refractivity contribution in [1.29, 1.82) is 0 Å². The summed E-state index contributed by atoms with van der Waals surface area (Å²) in [5, 5.41) is 6.72. The molecule has 0 amide bonds. The molecule has 1 aliphatic carbocycles. The first-order valence-corrected chi connectivity index (χ1v) is 2.67. The van der Waals surface area contributed by atoms with E-state index < -0.39 is 23.6 Å². The minimum absolute atomic E-state index is 0.993. The van der Waals surface area contributed by atoms with Crippen molar-refractivity contribution in [3.05, 3.63) is 0 Å². The van der Waals surface area contributed by atoms with Crippen LogP contribution in [0, 0.1) is 0 Å². The Kier molecular flexibility index (Phi) is 1.23. The zero-order valence-corrected chi connectivity index (χ0v) is 4.96. The monoisotopic (exact) mass is 159 g/mol. The first-order chi connectivity index (χ1) is 3.88. The molecule has 1 radical (unpaired) electrons. The number of hydrogen-bond acceptors (Lipinski definition) is 0. The highest BCUT2D eigenvalue weighted by Gasteiger charge is 2.70. The summed E-state index contributed by atoms with van der Waals surface area (Å²) in [6.07, 6.45) is -2.97. The minimum Gasteiger partial charge on any atom is -0.228 e. The summed E-state index contributed by atoms with van der Waals surface area (Å²) in [4.78, 5) is 0. The fourth-order valence-electron chi connectivity index (χ4n) is 0.602. The van der Waals surface area contributed by atoms with Crippen LogP contribution in [0.15, 0.2) is 0 Å². The van der Waals surface area contributed by atoms with Gasteiger partial charge in [0.25, 0.3) is 5.13 Å². The Balaban J connectivity index is 2.70. The number of hydrogen-bond donors (Lipinski definition) is 0.